The molecule has 2 atom stereocenters. The van der Waals surface area contributed by atoms with Crippen LogP contribution in [0.3, 0.4) is 0 Å². The summed E-state index contributed by atoms with van der Waals surface area (Å²) in [7, 11) is 2.06. The van der Waals surface area contributed by atoms with E-state index in [4.69, 9.17) is 4.52 Å². The number of hydrogen-bond donors (Lipinski definition) is 0. The zero-order chi connectivity index (χ0) is 16.4. The van der Waals surface area contributed by atoms with Crippen molar-refractivity contribution in [3.8, 4) is 0 Å². The molecule has 0 amide bonds. The second-order valence-electron chi connectivity index (χ2n) is 6.52. The summed E-state index contributed by atoms with van der Waals surface area (Å²) >= 11 is 0. The molecule has 0 aliphatic carbocycles. The highest BCUT2D eigenvalue weighted by Gasteiger charge is 2.21. The topological polar surface area (TPSA) is 42.2 Å². The monoisotopic (exact) mass is 309 g/mol. The van der Waals surface area contributed by atoms with E-state index in [1.807, 2.05) is 0 Å². The average Bonchev–Trinajstić information content (AvgIpc) is 3.01. The molecule has 2 unspecified atom stereocenters. The van der Waals surface area contributed by atoms with E-state index in [0.29, 0.717) is 18.0 Å². The second-order valence-corrected chi connectivity index (χ2v) is 6.52. The third kappa shape index (κ3) is 5.98. The average molecular weight is 309 g/mol. The Morgan fingerprint density at radius 3 is 2.32 bits per heavy atom. The van der Waals surface area contributed by atoms with Gasteiger partial charge in [0, 0.05) is 19.0 Å². The highest BCUT2D eigenvalue weighted by molar-refractivity contribution is 5.25. The molecule has 4 nitrogen and oxygen atoms in total. The molecule has 0 saturated heterocycles. The van der Waals surface area contributed by atoms with Gasteiger partial charge in [0.15, 0.2) is 5.82 Å². The minimum absolute atomic E-state index is 0.443. The van der Waals surface area contributed by atoms with Gasteiger partial charge in [-0.2, -0.15) is 4.98 Å². The van der Waals surface area contributed by atoms with E-state index < -0.39 is 0 Å². The first-order chi connectivity index (χ1) is 10.6. The van der Waals surface area contributed by atoms with E-state index in [2.05, 4.69) is 49.8 Å². The van der Waals surface area contributed by atoms with Gasteiger partial charge in [0.25, 0.3) is 0 Å². The lowest BCUT2D eigenvalue weighted by Crippen LogP contribution is -2.29. The summed E-state index contributed by atoms with van der Waals surface area (Å²) in [6.07, 6.45) is 10.9. The second kappa shape index (κ2) is 10.6. The molecule has 1 aromatic heterocycles. The molecule has 0 aliphatic heterocycles. The zero-order valence-corrected chi connectivity index (χ0v) is 15.3. The van der Waals surface area contributed by atoms with E-state index >= 15 is 0 Å². The Morgan fingerprint density at radius 2 is 1.68 bits per heavy atom. The van der Waals surface area contributed by atoms with Gasteiger partial charge >= 0.3 is 6.01 Å². The van der Waals surface area contributed by atoms with Crippen molar-refractivity contribution < 1.29 is 4.52 Å². The minimum Gasteiger partial charge on any atom is -0.325 e. The highest BCUT2D eigenvalue weighted by atomic mass is 16.5. The fourth-order valence-corrected chi connectivity index (χ4v) is 2.81. The Balaban J connectivity index is 2.65. The van der Waals surface area contributed by atoms with Crippen LogP contribution < -0.4 is 4.90 Å². The van der Waals surface area contributed by atoms with E-state index in [-0.39, 0.29) is 0 Å². The summed E-state index contributed by atoms with van der Waals surface area (Å²) in [6.45, 7) is 8.92. The summed E-state index contributed by atoms with van der Waals surface area (Å²) in [5, 5.41) is 4.27. The van der Waals surface area contributed by atoms with Crippen molar-refractivity contribution in [2.45, 2.75) is 97.4 Å². The first-order valence-corrected chi connectivity index (χ1v) is 9.20. The number of unbranched alkanes of at least 4 members (excludes halogenated alkanes) is 3. The van der Waals surface area contributed by atoms with Crippen molar-refractivity contribution in [2.24, 2.45) is 0 Å². The summed E-state index contributed by atoms with van der Waals surface area (Å²) in [6, 6.07) is 1.12. The molecule has 0 saturated carbocycles. The van der Waals surface area contributed by atoms with E-state index in [1.54, 1.807) is 0 Å². The standard InChI is InChI=1S/C18H35N3O/c1-6-9-11-14-16(12-8-3)17-19-18(22-20-17)21(5)15(4)13-10-7-2/h15-16H,6-14H2,1-5H3. The number of hydrogen-bond acceptors (Lipinski definition) is 4. The van der Waals surface area contributed by atoms with Crippen molar-refractivity contribution in [3.63, 3.8) is 0 Å². The molecule has 1 rings (SSSR count). The predicted molar refractivity (Wildman–Crippen MR) is 93.5 cm³/mol. The Bertz CT molecular complexity index is 391. The van der Waals surface area contributed by atoms with Crippen LogP contribution in [0.5, 0.6) is 0 Å². The summed E-state index contributed by atoms with van der Waals surface area (Å²) in [5.41, 5.74) is 0. The van der Waals surface area contributed by atoms with Gasteiger partial charge in [-0.05, 0) is 26.2 Å². The Morgan fingerprint density at radius 1 is 0.955 bits per heavy atom. The van der Waals surface area contributed by atoms with Crippen LogP contribution in [0.2, 0.25) is 0 Å². The number of nitrogens with zero attached hydrogens (tertiary/aromatic N) is 3. The van der Waals surface area contributed by atoms with Crippen molar-refractivity contribution in [3.05, 3.63) is 5.82 Å². The first-order valence-electron chi connectivity index (χ1n) is 9.20. The third-order valence-electron chi connectivity index (χ3n) is 4.53. The van der Waals surface area contributed by atoms with Crippen LogP contribution in [0.25, 0.3) is 0 Å². The van der Waals surface area contributed by atoms with Crippen molar-refractivity contribution >= 4 is 6.01 Å². The van der Waals surface area contributed by atoms with Crippen molar-refractivity contribution in [1.82, 2.24) is 10.1 Å². The summed E-state index contributed by atoms with van der Waals surface area (Å²) in [4.78, 5) is 6.81. The lowest BCUT2D eigenvalue weighted by Gasteiger charge is -2.22. The molecular weight excluding hydrogens is 274 g/mol. The van der Waals surface area contributed by atoms with E-state index in [9.17, 15) is 0 Å². The fourth-order valence-electron chi connectivity index (χ4n) is 2.81. The number of anilines is 1. The quantitative estimate of drug-likeness (QED) is 0.475. The van der Waals surface area contributed by atoms with Gasteiger partial charge in [0.1, 0.15) is 0 Å². The molecule has 0 fully saturated rings. The summed E-state index contributed by atoms with van der Waals surface area (Å²) < 4.78 is 5.53. The molecule has 0 aromatic carbocycles. The normalized spacial score (nSPS) is 14.0. The third-order valence-corrected chi connectivity index (χ3v) is 4.53. The molecule has 0 bridgehead atoms. The fraction of sp³-hybridized carbons (Fsp3) is 0.889. The van der Waals surface area contributed by atoms with Crippen LogP contribution >= 0.6 is 0 Å². The lowest BCUT2D eigenvalue weighted by molar-refractivity contribution is 0.388. The van der Waals surface area contributed by atoms with Gasteiger partial charge in [-0.1, -0.05) is 64.5 Å². The van der Waals surface area contributed by atoms with Gasteiger partial charge in [0.2, 0.25) is 0 Å². The van der Waals surface area contributed by atoms with Crippen LogP contribution in [0.4, 0.5) is 6.01 Å². The molecule has 1 heterocycles. The molecule has 0 N–H and O–H groups in total. The Hall–Kier alpha value is -1.06. The van der Waals surface area contributed by atoms with Crippen LogP contribution in [0.1, 0.15) is 97.2 Å². The maximum atomic E-state index is 5.53. The van der Waals surface area contributed by atoms with E-state index in [1.165, 1.54) is 51.4 Å². The maximum Gasteiger partial charge on any atom is 0.324 e. The lowest BCUT2D eigenvalue weighted by atomic mass is 9.96. The van der Waals surface area contributed by atoms with Crippen molar-refractivity contribution in [1.29, 1.82) is 0 Å². The molecule has 1 aromatic rings. The highest BCUT2D eigenvalue weighted by Crippen LogP contribution is 2.27. The van der Waals surface area contributed by atoms with Crippen LogP contribution in [0, 0.1) is 0 Å². The number of aromatic nitrogens is 2. The number of rotatable bonds is 12. The van der Waals surface area contributed by atoms with Gasteiger partial charge < -0.3 is 9.42 Å². The smallest absolute Gasteiger partial charge is 0.324 e. The largest absolute Gasteiger partial charge is 0.325 e. The molecule has 22 heavy (non-hydrogen) atoms. The molecule has 0 spiro atoms. The SMILES string of the molecule is CCCCCC(CCC)c1noc(N(C)C(C)CCCC)n1. The van der Waals surface area contributed by atoms with Crippen LogP contribution in [-0.4, -0.2) is 23.2 Å². The summed E-state index contributed by atoms with van der Waals surface area (Å²) in [5.74, 6) is 1.36. The predicted octanol–water partition coefficient (Wildman–Crippen LogP) is 5.55. The zero-order valence-electron chi connectivity index (χ0n) is 15.3. The van der Waals surface area contributed by atoms with Crippen LogP contribution in [-0.2, 0) is 0 Å². The van der Waals surface area contributed by atoms with E-state index in [0.717, 1.165) is 12.2 Å². The first kappa shape index (κ1) is 19.0. The molecule has 128 valence electrons. The molecule has 0 aliphatic rings. The molecule has 0 radical (unpaired) electrons. The van der Waals surface area contributed by atoms with Gasteiger partial charge in [-0.15, -0.1) is 0 Å². The maximum absolute atomic E-state index is 5.53. The molecule has 4 heteroatoms. The van der Waals surface area contributed by atoms with Crippen molar-refractivity contribution in [2.75, 3.05) is 11.9 Å². The van der Waals surface area contributed by atoms with Gasteiger partial charge in [0.05, 0.1) is 0 Å². The Labute approximate surface area is 136 Å². The Kier molecular flexibility index (Phi) is 9.17. The van der Waals surface area contributed by atoms with Gasteiger partial charge in [-0.25, -0.2) is 0 Å². The van der Waals surface area contributed by atoms with Gasteiger partial charge in [-0.3, -0.25) is 0 Å². The minimum atomic E-state index is 0.443. The molecular formula is C18H35N3O. The van der Waals surface area contributed by atoms with Crippen LogP contribution in [0.15, 0.2) is 4.52 Å².